The number of nitrogens with one attached hydrogen (secondary N) is 1. The van der Waals surface area contributed by atoms with Crippen LogP contribution in [0, 0.1) is 6.92 Å². The van der Waals surface area contributed by atoms with E-state index in [0.29, 0.717) is 17.2 Å². The number of fused-ring (bicyclic) bond motifs is 1. The lowest BCUT2D eigenvalue weighted by atomic mass is 9.97. The number of primary amides is 1. The number of carbonyl (C=O) groups is 1. The molecule has 2 heterocycles. The van der Waals surface area contributed by atoms with E-state index in [1.807, 2.05) is 25.1 Å². The summed E-state index contributed by atoms with van der Waals surface area (Å²) in [6.07, 6.45) is 3.46. The molecular formula is C16H15N5O. The van der Waals surface area contributed by atoms with Crippen molar-refractivity contribution in [2.24, 2.45) is 5.73 Å². The van der Waals surface area contributed by atoms with Crippen LogP contribution in [0.2, 0.25) is 0 Å². The van der Waals surface area contributed by atoms with Gasteiger partial charge < -0.3 is 11.1 Å². The topological polar surface area (TPSA) is 93.8 Å². The van der Waals surface area contributed by atoms with Gasteiger partial charge in [0.05, 0.1) is 0 Å². The van der Waals surface area contributed by atoms with Crippen LogP contribution in [0.1, 0.15) is 15.9 Å². The molecule has 0 atom stereocenters. The summed E-state index contributed by atoms with van der Waals surface area (Å²) in [6.45, 7) is 1.88. The largest absolute Gasteiger partial charge is 0.366 e. The Labute approximate surface area is 127 Å². The Morgan fingerprint density at radius 3 is 2.77 bits per heavy atom. The summed E-state index contributed by atoms with van der Waals surface area (Å²) in [6, 6.07) is 7.42. The maximum Gasteiger partial charge on any atom is 0.248 e. The van der Waals surface area contributed by atoms with Crippen molar-refractivity contribution in [2.75, 3.05) is 12.4 Å². The van der Waals surface area contributed by atoms with Crippen LogP contribution >= 0.6 is 0 Å². The van der Waals surface area contributed by atoms with Crippen LogP contribution in [0.25, 0.3) is 22.2 Å². The van der Waals surface area contributed by atoms with Crippen molar-refractivity contribution >= 4 is 22.9 Å². The number of nitrogens with two attached hydrogens (primary N) is 1. The van der Waals surface area contributed by atoms with E-state index < -0.39 is 5.91 Å². The van der Waals surface area contributed by atoms with Crippen molar-refractivity contribution in [1.82, 2.24) is 15.0 Å². The number of pyridine rings is 1. The molecular weight excluding hydrogens is 278 g/mol. The van der Waals surface area contributed by atoms with Gasteiger partial charge in [-0.05, 0) is 30.2 Å². The van der Waals surface area contributed by atoms with Crippen molar-refractivity contribution in [2.45, 2.75) is 6.92 Å². The molecule has 3 aromatic rings. The number of amides is 1. The van der Waals surface area contributed by atoms with Gasteiger partial charge in [0.25, 0.3) is 0 Å². The first-order valence-electron chi connectivity index (χ1n) is 6.80. The number of nitrogens with zero attached hydrogens (tertiary/aromatic N) is 3. The summed E-state index contributed by atoms with van der Waals surface area (Å²) in [7, 11) is 1.76. The second kappa shape index (κ2) is 5.40. The normalized spacial score (nSPS) is 10.6. The molecule has 110 valence electrons. The molecule has 0 unspecified atom stereocenters. The Hall–Kier alpha value is -3.02. The second-order valence-corrected chi connectivity index (χ2v) is 4.92. The molecule has 0 aliphatic carbocycles. The molecule has 0 aliphatic heterocycles. The molecule has 0 aliphatic rings. The number of anilines is 1. The van der Waals surface area contributed by atoms with Crippen LogP contribution < -0.4 is 11.1 Å². The standard InChI is InChI=1S/C16H15N5O/c1-9-12(4-3-5-13(9)14(17)22)10-6-11-8-20-16(18-2)21-15(11)19-7-10/h3-8H,1-2H3,(H2,17,22)(H,18,19,20,21). The van der Waals surface area contributed by atoms with E-state index in [0.717, 1.165) is 22.1 Å². The lowest BCUT2D eigenvalue weighted by Gasteiger charge is -2.10. The van der Waals surface area contributed by atoms with E-state index in [4.69, 9.17) is 5.73 Å². The molecule has 1 aromatic carbocycles. The van der Waals surface area contributed by atoms with Gasteiger partial charge in [0.2, 0.25) is 11.9 Å². The third kappa shape index (κ3) is 2.35. The van der Waals surface area contributed by atoms with Gasteiger partial charge >= 0.3 is 0 Å². The zero-order valence-electron chi connectivity index (χ0n) is 12.3. The minimum absolute atomic E-state index is 0.435. The van der Waals surface area contributed by atoms with Crippen LogP contribution in [-0.2, 0) is 0 Å². The number of carbonyl (C=O) groups excluding carboxylic acids is 1. The van der Waals surface area contributed by atoms with Gasteiger partial charge in [-0.15, -0.1) is 0 Å². The molecule has 3 rings (SSSR count). The van der Waals surface area contributed by atoms with Gasteiger partial charge in [-0.2, -0.15) is 4.98 Å². The predicted octanol–water partition coefficient (Wildman–Crippen LogP) is 2.14. The number of aromatic nitrogens is 3. The lowest BCUT2D eigenvalue weighted by Crippen LogP contribution is -2.12. The first-order chi connectivity index (χ1) is 10.6. The van der Waals surface area contributed by atoms with Gasteiger partial charge in [0.1, 0.15) is 0 Å². The van der Waals surface area contributed by atoms with Gasteiger partial charge in [0, 0.05) is 36.0 Å². The molecule has 2 aromatic heterocycles. The highest BCUT2D eigenvalue weighted by molar-refractivity contribution is 5.96. The zero-order chi connectivity index (χ0) is 15.7. The third-order valence-electron chi connectivity index (χ3n) is 3.57. The Kier molecular flexibility index (Phi) is 3.42. The monoisotopic (exact) mass is 293 g/mol. The first kappa shape index (κ1) is 13.9. The molecule has 22 heavy (non-hydrogen) atoms. The summed E-state index contributed by atoms with van der Waals surface area (Å²) >= 11 is 0. The number of hydrogen-bond donors (Lipinski definition) is 2. The van der Waals surface area contributed by atoms with Crippen molar-refractivity contribution < 1.29 is 4.79 Å². The second-order valence-electron chi connectivity index (χ2n) is 4.92. The quantitative estimate of drug-likeness (QED) is 0.771. The zero-order valence-corrected chi connectivity index (χ0v) is 12.3. The molecule has 3 N–H and O–H groups in total. The van der Waals surface area contributed by atoms with Crippen molar-refractivity contribution in [1.29, 1.82) is 0 Å². The highest BCUT2D eigenvalue weighted by Crippen LogP contribution is 2.27. The maximum absolute atomic E-state index is 11.5. The third-order valence-corrected chi connectivity index (χ3v) is 3.57. The number of hydrogen-bond acceptors (Lipinski definition) is 5. The molecule has 0 bridgehead atoms. The fourth-order valence-electron chi connectivity index (χ4n) is 2.41. The minimum atomic E-state index is -0.435. The van der Waals surface area contributed by atoms with E-state index in [1.165, 1.54) is 0 Å². The summed E-state index contributed by atoms with van der Waals surface area (Å²) in [5, 5.41) is 3.71. The average molecular weight is 293 g/mol. The summed E-state index contributed by atoms with van der Waals surface area (Å²) in [5.41, 5.74) is 9.19. The van der Waals surface area contributed by atoms with Gasteiger partial charge in [-0.1, -0.05) is 12.1 Å². The maximum atomic E-state index is 11.5. The first-order valence-corrected chi connectivity index (χ1v) is 6.80. The Morgan fingerprint density at radius 2 is 2.05 bits per heavy atom. The highest BCUT2D eigenvalue weighted by atomic mass is 16.1. The fraction of sp³-hybridized carbons (Fsp3) is 0.125. The molecule has 0 saturated heterocycles. The van der Waals surface area contributed by atoms with E-state index in [9.17, 15) is 4.79 Å². The van der Waals surface area contributed by atoms with Crippen molar-refractivity contribution in [3.05, 3.63) is 47.8 Å². The van der Waals surface area contributed by atoms with Crippen LogP contribution in [-0.4, -0.2) is 27.9 Å². The number of rotatable bonds is 3. The van der Waals surface area contributed by atoms with Gasteiger partial charge in [-0.3, -0.25) is 4.79 Å². The Balaban J connectivity index is 2.15. The molecule has 0 radical (unpaired) electrons. The van der Waals surface area contributed by atoms with Crippen LogP contribution in [0.15, 0.2) is 36.7 Å². The lowest BCUT2D eigenvalue weighted by molar-refractivity contribution is 0.1000. The fourth-order valence-corrected chi connectivity index (χ4v) is 2.41. The molecule has 0 saturated carbocycles. The van der Waals surface area contributed by atoms with Crippen molar-refractivity contribution in [3.63, 3.8) is 0 Å². The van der Waals surface area contributed by atoms with Gasteiger partial charge in [0.15, 0.2) is 5.65 Å². The minimum Gasteiger partial charge on any atom is -0.366 e. The van der Waals surface area contributed by atoms with Crippen LogP contribution in [0.5, 0.6) is 0 Å². The van der Waals surface area contributed by atoms with E-state index in [2.05, 4.69) is 20.3 Å². The van der Waals surface area contributed by atoms with Gasteiger partial charge in [-0.25, -0.2) is 9.97 Å². The van der Waals surface area contributed by atoms with E-state index >= 15 is 0 Å². The van der Waals surface area contributed by atoms with Crippen molar-refractivity contribution in [3.8, 4) is 11.1 Å². The average Bonchev–Trinajstić information content (AvgIpc) is 2.53. The van der Waals surface area contributed by atoms with Crippen LogP contribution in [0.3, 0.4) is 0 Å². The summed E-state index contributed by atoms with van der Waals surface area (Å²) < 4.78 is 0. The summed E-state index contributed by atoms with van der Waals surface area (Å²) in [5.74, 6) is 0.0924. The predicted molar refractivity (Wildman–Crippen MR) is 85.6 cm³/mol. The number of benzene rings is 1. The highest BCUT2D eigenvalue weighted by Gasteiger charge is 2.11. The Bertz CT molecular complexity index is 876. The Morgan fingerprint density at radius 1 is 1.23 bits per heavy atom. The molecule has 6 nitrogen and oxygen atoms in total. The van der Waals surface area contributed by atoms with E-state index in [-0.39, 0.29) is 0 Å². The smallest absolute Gasteiger partial charge is 0.248 e. The SMILES string of the molecule is CNc1ncc2cc(-c3cccc(C(N)=O)c3C)cnc2n1. The summed E-state index contributed by atoms with van der Waals surface area (Å²) in [4.78, 5) is 24.3. The van der Waals surface area contributed by atoms with E-state index in [1.54, 1.807) is 25.5 Å². The molecule has 1 amide bonds. The molecule has 0 spiro atoms. The van der Waals surface area contributed by atoms with Crippen LogP contribution in [0.4, 0.5) is 5.95 Å². The molecule has 0 fully saturated rings. The molecule has 6 heteroatoms.